The highest BCUT2D eigenvalue weighted by molar-refractivity contribution is 14.1. The quantitative estimate of drug-likeness (QED) is 0.570. The van der Waals surface area contributed by atoms with Crippen LogP contribution >= 0.6 is 22.6 Å². The number of halogens is 1. The number of anilines is 1. The fourth-order valence-corrected chi connectivity index (χ4v) is 0.603. The summed E-state index contributed by atoms with van der Waals surface area (Å²) in [6.07, 6.45) is 0. The average Bonchev–Trinajstić information content (AvgIpc) is 1.94. The second kappa shape index (κ2) is 0.959. The SMILES string of the molecule is N=c1c(N)c1I. The Morgan fingerprint density at radius 1 is 1.67 bits per heavy atom. The van der Waals surface area contributed by atoms with Gasteiger partial charge in [-0.15, -0.1) is 0 Å². The molecule has 0 unspecified atom stereocenters. The molecule has 0 heterocycles. The van der Waals surface area contributed by atoms with Crippen molar-refractivity contribution in [2.45, 2.75) is 0 Å². The summed E-state index contributed by atoms with van der Waals surface area (Å²) in [4.78, 5) is 0. The first-order valence-corrected chi connectivity index (χ1v) is 2.56. The predicted octanol–water partition coefficient (Wildman–Crippen LogP) is 0.228. The molecule has 0 spiro atoms. The van der Waals surface area contributed by atoms with Crippen molar-refractivity contribution in [2.24, 2.45) is 0 Å². The monoisotopic (exact) mass is 194 g/mol. The zero-order valence-electron chi connectivity index (χ0n) is 2.96. The Morgan fingerprint density at radius 2 is 1.83 bits per heavy atom. The van der Waals surface area contributed by atoms with Crippen LogP contribution in [0.5, 0.6) is 0 Å². The van der Waals surface area contributed by atoms with Gasteiger partial charge in [0.1, 0.15) is 0 Å². The molecule has 0 fully saturated rings. The van der Waals surface area contributed by atoms with Gasteiger partial charge in [-0.3, -0.25) is 5.41 Å². The van der Waals surface area contributed by atoms with Gasteiger partial charge in [-0.25, -0.2) is 0 Å². The van der Waals surface area contributed by atoms with E-state index in [2.05, 4.69) is 0 Å². The van der Waals surface area contributed by atoms with Crippen LogP contribution in [-0.2, 0) is 0 Å². The molecule has 0 aliphatic heterocycles. The Balaban J connectivity index is 3.11. The summed E-state index contributed by atoms with van der Waals surface area (Å²) in [5, 5.41) is 7.34. The molecule has 0 amide bonds. The molecular weight excluding hydrogens is 191 g/mol. The Kier molecular flexibility index (Phi) is 0.657. The first kappa shape index (κ1) is 4.11. The van der Waals surface area contributed by atoms with Gasteiger partial charge in [0.05, 0.1) is 14.6 Å². The summed E-state index contributed by atoms with van der Waals surface area (Å²) in [6, 6.07) is 0. The molecule has 1 aromatic carbocycles. The highest BCUT2D eigenvalue weighted by atomic mass is 127. The Labute approximate surface area is 48.7 Å². The van der Waals surface area contributed by atoms with Gasteiger partial charge < -0.3 is 5.73 Å². The minimum atomic E-state index is 0.524. The van der Waals surface area contributed by atoms with Crippen molar-refractivity contribution in [3.8, 4) is 0 Å². The lowest BCUT2D eigenvalue weighted by Gasteiger charge is -1.54. The number of rotatable bonds is 0. The van der Waals surface area contributed by atoms with Gasteiger partial charge in [-0.2, -0.15) is 0 Å². The summed E-state index contributed by atoms with van der Waals surface area (Å²) >= 11 is 2.04. The van der Waals surface area contributed by atoms with E-state index in [9.17, 15) is 0 Å². The highest BCUT2D eigenvalue weighted by Gasteiger charge is 2.08. The number of hydrogen-bond donors (Lipinski definition) is 2. The Bertz CT molecular complexity index is 155. The molecule has 0 aromatic heterocycles. The highest BCUT2D eigenvalue weighted by Crippen LogP contribution is 2.11. The van der Waals surface area contributed by atoms with Crippen molar-refractivity contribution < 1.29 is 0 Å². The number of hydrogen-bond acceptors (Lipinski definition) is 2. The van der Waals surface area contributed by atoms with Crippen LogP contribution in [0.15, 0.2) is 0 Å². The van der Waals surface area contributed by atoms with E-state index in [0.29, 0.717) is 11.0 Å². The van der Waals surface area contributed by atoms with Crippen LogP contribution in [0, 0.1) is 8.98 Å². The third kappa shape index (κ3) is 0.345. The summed E-state index contributed by atoms with van der Waals surface area (Å²) in [6.45, 7) is 0. The van der Waals surface area contributed by atoms with E-state index in [1.807, 2.05) is 22.6 Å². The molecule has 6 heavy (non-hydrogen) atoms. The van der Waals surface area contributed by atoms with Crippen LogP contribution in [0.4, 0.5) is 5.69 Å². The second-order valence-corrected chi connectivity index (χ2v) is 2.18. The van der Waals surface area contributed by atoms with E-state index in [4.69, 9.17) is 11.1 Å². The van der Waals surface area contributed by atoms with Gasteiger partial charge in [0.15, 0.2) is 0 Å². The predicted molar refractivity (Wildman–Crippen MR) is 31.8 cm³/mol. The summed E-state index contributed by atoms with van der Waals surface area (Å²) in [5.74, 6) is 0. The normalized spacial score (nSPS) is 10.2. The first-order valence-electron chi connectivity index (χ1n) is 1.48. The van der Waals surface area contributed by atoms with E-state index >= 15 is 0 Å². The summed E-state index contributed by atoms with van der Waals surface area (Å²) in [7, 11) is 0. The van der Waals surface area contributed by atoms with Gasteiger partial charge in [0, 0.05) is 0 Å². The van der Waals surface area contributed by atoms with Crippen molar-refractivity contribution in [2.75, 3.05) is 5.73 Å². The molecule has 2 nitrogen and oxygen atoms in total. The maximum atomic E-state index is 6.82. The molecule has 0 aliphatic carbocycles. The molecule has 3 heteroatoms. The van der Waals surface area contributed by atoms with Crippen LogP contribution in [0.2, 0.25) is 0 Å². The van der Waals surface area contributed by atoms with E-state index in [1.54, 1.807) is 0 Å². The van der Waals surface area contributed by atoms with Gasteiger partial charge >= 0.3 is 0 Å². The maximum Gasteiger partial charge on any atom is 0.0936 e. The van der Waals surface area contributed by atoms with Crippen LogP contribution < -0.4 is 11.1 Å². The van der Waals surface area contributed by atoms with Crippen molar-refractivity contribution in [1.29, 1.82) is 5.41 Å². The summed E-state index contributed by atoms with van der Waals surface area (Å²) < 4.78 is 0.924. The number of nitrogens with one attached hydrogen (secondary N) is 1. The largest absolute Gasteiger partial charge is 0.396 e. The van der Waals surface area contributed by atoms with Gasteiger partial charge in [-0.05, 0) is 22.6 Å². The lowest BCUT2D eigenvalue weighted by atomic mass is 10.9. The second-order valence-electron chi connectivity index (χ2n) is 1.10. The Hall–Kier alpha value is -0.0600. The first-order chi connectivity index (χ1) is 2.73. The standard InChI is InChI=1S/C3H3IN2/c4-1-2(5)3(1)6/h5H,6H2. The topological polar surface area (TPSA) is 49.9 Å². The Morgan fingerprint density at radius 3 is 1.83 bits per heavy atom. The molecular formula is C3H3IN2. The van der Waals surface area contributed by atoms with Gasteiger partial charge in [0.25, 0.3) is 0 Å². The average molecular weight is 194 g/mol. The minimum Gasteiger partial charge on any atom is -0.396 e. The molecule has 3 N–H and O–H groups in total. The molecule has 1 aromatic rings. The van der Waals surface area contributed by atoms with E-state index in [-0.39, 0.29) is 0 Å². The van der Waals surface area contributed by atoms with E-state index in [1.165, 1.54) is 0 Å². The molecule has 1 rings (SSSR count). The molecule has 0 saturated heterocycles. The lowest BCUT2D eigenvalue weighted by Crippen LogP contribution is -1.80. The van der Waals surface area contributed by atoms with Crippen LogP contribution in [0.25, 0.3) is 0 Å². The smallest absolute Gasteiger partial charge is 0.0936 e. The van der Waals surface area contributed by atoms with E-state index in [0.717, 1.165) is 3.57 Å². The molecule has 0 saturated carbocycles. The van der Waals surface area contributed by atoms with Gasteiger partial charge in [0.2, 0.25) is 0 Å². The number of nitrogens with two attached hydrogens (primary N) is 1. The third-order valence-corrected chi connectivity index (χ3v) is 1.78. The lowest BCUT2D eigenvalue weighted by molar-refractivity contribution is 1.36. The third-order valence-electron chi connectivity index (χ3n) is 0.663. The van der Waals surface area contributed by atoms with E-state index < -0.39 is 0 Å². The van der Waals surface area contributed by atoms with Crippen molar-refractivity contribution in [3.63, 3.8) is 0 Å². The minimum absolute atomic E-state index is 0.524. The van der Waals surface area contributed by atoms with Crippen LogP contribution in [-0.4, -0.2) is 0 Å². The maximum absolute atomic E-state index is 6.82. The van der Waals surface area contributed by atoms with Crippen molar-refractivity contribution in [3.05, 3.63) is 8.93 Å². The van der Waals surface area contributed by atoms with Crippen molar-refractivity contribution in [1.82, 2.24) is 0 Å². The fourth-order valence-electron chi connectivity index (χ4n) is 0.178. The van der Waals surface area contributed by atoms with Crippen molar-refractivity contribution >= 4 is 28.3 Å². The van der Waals surface area contributed by atoms with Crippen LogP contribution in [0.3, 0.4) is 0 Å². The number of nitrogen functional groups attached to an aromatic ring is 1. The summed E-state index contributed by atoms with van der Waals surface area (Å²) in [5.41, 5.74) is 5.82. The molecule has 32 valence electrons. The zero-order valence-corrected chi connectivity index (χ0v) is 5.11. The zero-order chi connectivity index (χ0) is 4.73. The van der Waals surface area contributed by atoms with Crippen LogP contribution in [0.1, 0.15) is 0 Å². The molecule has 0 radical (unpaired) electrons. The fraction of sp³-hybridized carbons (Fsp3) is 0. The molecule has 0 aliphatic rings. The molecule has 0 bridgehead atoms. The molecule has 0 atom stereocenters. The van der Waals surface area contributed by atoms with Gasteiger partial charge in [-0.1, -0.05) is 0 Å².